The van der Waals surface area contributed by atoms with Gasteiger partial charge in [-0.1, -0.05) is 36.4 Å². The third kappa shape index (κ3) is 34.0. The van der Waals surface area contributed by atoms with Gasteiger partial charge in [-0.25, -0.2) is 0 Å². The van der Waals surface area contributed by atoms with Crippen LogP contribution in [0.2, 0.25) is 0 Å². The molecule has 0 amide bonds. The summed E-state index contributed by atoms with van der Waals surface area (Å²) in [5.41, 5.74) is 6.61. The van der Waals surface area contributed by atoms with Gasteiger partial charge in [0.1, 0.15) is 0 Å². The van der Waals surface area contributed by atoms with Gasteiger partial charge in [0.15, 0.2) is 0 Å². The van der Waals surface area contributed by atoms with E-state index in [9.17, 15) is 0 Å². The Kier molecular flexibility index (Phi) is 68.9. The maximum absolute atomic E-state index is 8.00. The van der Waals surface area contributed by atoms with Crippen molar-refractivity contribution in [3.05, 3.63) is 82.9 Å². The molecule has 13 nitrogen and oxygen atoms in total. The van der Waals surface area contributed by atoms with Gasteiger partial charge in [-0.05, 0) is 11.5 Å². The zero-order valence-corrected chi connectivity index (χ0v) is 23.2. The number of nitrogen functional groups attached to an aromatic ring is 1. The summed E-state index contributed by atoms with van der Waals surface area (Å²) in [6, 6.07) is 14.1. The van der Waals surface area contributed by atoms with Crippen LogP contribution in [0.25, 0.3) is 10.8 Å². The molecule has 17 heteroatoms. The molecule has 0 radical (unpaired) electrons. The summed E-state index contributed by atoms with van der Waals surface area (Å²) >= 11 is 0. The fraction of sp³-hybridized carbons (Fsp3) is 0. The molecule has 0 saturated heterocycles. The van der Waals surface area contributed by atoms with E-state index in [-0.39, 0.29) is 118 Å². The first-order valence-corrected chi connectivity index (χ1v) is 5.07. The van der Waals surface area contributed by atoms with Gasteiger partial charge in [0.2, 0.25) is 0 Å². The summed E-state index contributed by atoms with van der Waals surface area (Å²) in [6.07, 6.45) is 0. The van der Waals surface area contributed by atoms with Crippen LogP contribution >= 0.6 is 0 Å². The Balaban J connectivity index is -0.0000000433. The molecule has 0 fully saturated rings. The Morgan fingerprint density at radius 2 is 0.889 bits per heavy atom. The standard InChI is InChI=1S/C10H9N.4HNO2.4Na/c11-10-7-3-5-8-4-1-2-6-9(8)10;4*2-1-3;;;;/h1-7H,11H2;4*(H,2,3);;;;/q;;;;;4*+1/p-4. The van der Waals surface area contributed by atoms with Crippen molar-refractivity contribution >= 4 is 16.5 Å². The largest absolute Gasteiger partial charge is 1.00 e. The molecule has 2 aromatic rings. The van der Waals surface area contributed by atoms with Crippen LogP contribution in [0.15, 0.2) is 63.8 Å². The number of hydrogen-bond donors (Lipinski definition) is 1. The molecule has 27 heavy (non-hydrogen) atoms. The van der Waals surface area contributed by atoms with Gasteiger partial charge in [-0.2, -0.15) is 0 Å². The molecule has 0 spiro atoms. The predicted octanol–water partition coefficient (Wildman–Crippen LogP) is -8.56. The summed E-state index contributed by atoms with van der Waals surface area (Å²) in [5, 5.41) is 38.3. The zero-order chi connectivity index (χ0) is 18.5. The van der Waals surface area contributed by atoms with Gasteiger partial charge in [-0.3, -0.25) is 0 Å². The second-order valence-corrected chi connectivity index (χ2v) is 2.87. The van der Waals surface area contributed by atoms with E-state index in [0.717, 1.165) is 32.4 Å². The van der Waals surface area contributed by atoms with Crippen LogP contribution in [0.5, 0.6) is 0 Å². The molecule has 0 aromatic heterocycles. The third-order valence-electron chi connectivity index (χ3n) is 1.82. The second-order valence-electron chi connectivity index (χ2n) is 2.87. The number of anilines is 1. The van der Waals surface area contributed by atoms with Crippen molar-refractivity contribution in [2.24, 2.45) is 21.4 Å². The number of nitrogens with zero attached hydrogens (tertiary/aromatic N) is 4. The van der Waals surface area contributed by atoms with Crippen molar-refractivity contribution in [3.8, 4) is 0 Å². The summed E-state index contributed by atoms with van der Waals surface area (Å²) in [7, 11) is 0. The van der Waals surface area contributed by atoms with Crippen molar-refractivity contribution in [3.63, 3.8) is 0 Å². The summed E-state index contributed by atoms with van der Waals surface area (Å²) in [6.45, 7) is 0. The van der Waals surface area contributed by atoms with E-state index >= 15 is 0 Å². The average molecular weight is 419 g/mol. The molecule has 2 N–H and O–H groups in total. The molecule has 126 valence electrons. The SMILES string of the molecule is Nc1cccc2ccccc12.O=N[O-].O=N[O-].O=N[O-].O=N[O-].[Na+].[Na+].[Na+].[Na+]. The average Bonchev–Trinajstić information content (AvgIpc) is 2.51. The van der Waals surface area contributed by atoms with E-state index in [1.165, 1.54) is 5.39 Å². The summed E-state index contributed by atoms with van der Waals surface area (Å²) in [5.74, 6) is 0. The third-order valence-corrected chi connectivity index (χ3v) is 1.82. The van der Waals surface area contributed by atoms with Crippen LogP contribution in [0.3, 0.4) is 0 Å². The van der Waals surface area contributed by atoms with Crippen LogP contribution < -0.4 is 124 Å². The normalized spacial score (nSPS) is 5.93. The Hall–Kier alpha value is 0.1000. The molecule has 0 aliphatic heterocycles. The summed E-state index contributed by atoms with van der Waals surface area (Å²) in [4.78, 5) is 32.0. The van der Waals surface area contributed by atoms with E-state index in [4.69, 9.17) is 46.2 Å². The smallest absolute Gasteiger partial charge is 0.444 e. The molecule has 0 atom stereocenters. The molecule has 0 bridgehead atoms. The Labute approximate surface area is 241 Å². The first-order chi connectivity index (χ1) is 11.0. The van der Waals surface area contributed by atoms with E-state index in [2.05, 4.69) is 12.1 Å². The van der Waals surface area contributed by atoms with E-state index < -0.39 is 0 Å². The van der Waals surface area contributed by atoms with E-state index in [1.807, 2.05) is 30.3 Å². The monoisotopic (exact) mass is 419 g/mol. The summed E-state index contributed by atoms with van der Waals surface area (Å²) < 4.78 is 0. The number of benzene rings is 2. The maximum atomic E-state index is 8.00. The molecule has 2 aromatic carbocycles. The van der Waals surface area contributed by atoms with Gasteiger partial charge in [0.05, 0.1) is 0 Å². The van der Waals surface area contributed by atoms with Crippen molar-refractivity contribution in [2.45, 2.75) is 0 Å². The van der Waals surface area contributed by atoms with Crippen LogP contribution in [-0.2, 0) is 0 Å². The number of fused-ring (bicyclic) bond motifs is 1. The predicted molar refractivity (Wildman–Crippen MR) is 85.0 cm³/mol. The van der Waals surface area contributed by atoms with Crippen molar-refractivity contribution in [1.82, 2.24) is 0 Å². The minimum Gasteiger partial charge on any atom is -0.444 e. The molecule has 0 unspecified atom stereocenters. The van der Waals surface area contributed by atoms with Gasteiger partial charge in [0.25, 0.3) is 0 Å². The number of rotatable bonds is 0. The minimum absolute atomic E-state index is 0. The maximum Gasteiger partial charge on any atom is 1.00 e. The number of nitrogens with two attached hydrogens (primary N) is 1. The Bertz CT molecular complexity index is 555. The van der Waals surface area contributed by atoms with Crippen molar-refractivity contribution in [2.75, 3.05) is 5.73 Å². The molecular formula is C10H9N5Na4O8. The van der Waals surface area contributed by atoms with Crippen molar-refractivity contribution in [1.29, 1.82) is 0 Å². The molecule has 2 rings (SSSR count). The van der Waals surface area contributed by atoms with E-state index in [0.29, 0.717) is 0 Å². The van der Waals surface area contributed by atoms with Gasteiger partial charge >= 0.3 is 118 Å². The second kappa shape index (κ2) is 40.7. The Morgan fingerprint density at radius 1 is 0.593 bits per heavy atom. The van der Waals surface area contributed by atoms with Crippen LogP contribution in [0, 0.1) is 40.5 Å². The topological polar surface area (TPSA) is 236 Å². The molecule has 0 saturated carbocycles. The first kappa shape index (κ1) is 45.7. The zero-order valence-electron chi connectivity index (χ0n) is 15.2. The van der Waals surface area contributed by atoms with Gasteiger partial charge < -0.3 is 46.2 Å². The van der Waals surface area contributed by atoms with Crippen molar-refractivity contribution < 1.29 is 118 Å². The fourth-order valence-electron chi connectivity index (χ4n) is 1.25. The Morgan fingerprint density at radius 3 is 1.22 bits per heavy atom. The molecular weight excluding hydrogens is 410 g/mol. The molecule has 0 heterocycles. The van der Waals surface area contributed by atoms with Crippen LogP contribution in [-0.4, -0.2) is 0 Å². The quantitative estimate of drug-likeness (QED) is 0.184. The fourth-order valence-corrected chi connectivity index (χ4v) is 1.25. The van der Waals surface area contributed by atoms with Gasteiger partial charge in [-0.15, -0.1) is 21.4 Å². The van der Waals surface area contributed by atoms with Crippen LogP contribution in [0.4, 0.5) is 5.69 Å². The van der Waals surface area contributed by atoms with Gasteiger partial charge in [0, 0.05) is 11.1 Å². The van der Waals surface area contributed by atoms with E-state index in [1.54, 1.807) is 0 Å². The first-order valence-electron chi connectivity index (χ1n) is 5.07. The number of hydrogen-bond acceptors (Lipinski definition) is 13. The van der Waals surface area contributed by atoms with Crippen LogP contribution in [0.1, 0.15) is 0 Å². The molecule has 0 aliphatic carbocycles. The minimum atomic E-state index is 0. The molecule has 0 aliphatic rings.